The number of carbonyl (C=O) groups is 2. The van der Waals surface area contributed by atoms with Gasteiger partial charge in [-0.3, -0.25) is 9.59 Å². The highest BCUT2D eigenvalue weighted by molar-refractivity contribution is 9.09. The molecule has 4 nitrogen and oxygen atoms in total. The molecule has 2 aliphatic carbocycles. The van der Waals surface area contributed by atoms with Gasteiger partial charge >= 0.3 is 11.9 Å². The van der Waals surface area contributed by atoms with Crippen molar-refractivity contribution in [3.05, 3.63) is 29.3 Å². The van der Waals surface area contributed by atoms with E-state index in [-0.39, 0.29) is 23.3 Å². The number of unbranched alkanes of at least 4 members (excludes halogenated alkanes) is 2. The van der Waals surface area contributed by atoms with Gasteiger partial charge in [0.15, 0.2) is 0 Å². The number of aryl methyl sites for hydroxylation is 1. The quantitative estimate of drug-likeness (QED) is 0.223. The highest BCUT2D eigenvalue weighted by Crippen LogP contribution is 2.57. The van der Waals surface area contributed by atoms with Gasteiger partial charge in [0, 0.05) is 11.8 Å². The highest BCUT2D eigenvalue weighted by Gasteiger charge is 2.55. The summed E-state index contributed by atoms with van der Waals surface area (Å²) in [5, 5.41) is 0.969. The monoisotopic (exact) mass is 464 g/mol. The van der Waals surface area contributed by atoms with Crippen LogP contribution in [0.5, 0.6) is 5.75 Å². The number of hydrogen-bond donors (Lipinski definition) is 0. The first-order valence-corrected chi connectivity index (χ1v) is 12.0. The molecule has 0 spiro atoms. The van der Waals surface area contributed by atoms with Crippen LogP contribution in [0.4, 0.5) is 0 Å². The maximum Gasteiger partial charge on any atom is 0.311 e. The SMILES string of the molecule is COC(=O)[C@@]1(C)CCC[C@]2(C)c3cc(OC(=O)CCCCCBr)ccc3CC[C@@H]12. The van der Waals surface area contributed by atoms with Crippen LogP contribution in [-0.2, 0) is 26.2 Å². The molecule has 1 aromatic carbocycles. The molecular formula is C24H33BrO4. The van der Waals surface area contributed by atoms with E-state index in [4.69, 9.17) is 9.47 Å². The Labute approximate surface area is 182 Å². The number of carbonyl (C=O) groups excluding carboxylic acids is 2. The van der Waals surface area contributed by atoms with E-state index in [9.17, 15) is 9.59 Å². The third-order valence-corrected chi connectivity index (χ3v) is 7.79. The number of methoxy groups -OCH3 is 1. The lowest BCUT2D eigenvalue weighted by Crippen LogP contribution is -2.52. The first kappa shape index (κ1) is 22.3. The molecule has 1 saturated carbocycles. The van der Waals surface area contributed by atoms with Crippen LogP contribution < -0.4 is 4.74 Å². The van der Waals surface area contributed by atoms with Gasteiger partial charge in [-0.15, -0.1) is 0 Å². The average molecular weight is 465 g/mol. The fourth-order valence-corrected chi connectivity index (χ4v) is 6.10. The van der Waals surface area contributed by atoms with E-state index in [1.807, 2.05) is 6.07 Å². The summed E-state index contributed by atoms with van der Waals surface area (Å²) in [5.41, 5.74) is 2.00. The zero-order valence-electron chi connectivity index (χ0n) is 17.9. The molecule has 0 bridgehead atoms. The number of esters is 2. The summed E-state index contributed by atoms with van der Waals surface area (Å²) in [6, 6.07) is 6.08. The summed E-state index contributed by atoms with van der Waals surface area (Å²) >= 11 is 3.41. The van der Waals surface area contributed by atoms with Gasteiger partial charge in [0.25, 0.3) is 0 Å². The van der Waals surface area contributed by atoms with Crippen molar-refractivity contribution in [1.82, 2.24) is 0 Å². The molecule has 0 N–H and O–H groups in total. The molecule has 1 fully saturated rings. The van der Waals surface area contributed by atoms with Gasteiger partial charge in [0.1, 0.15) is 5.75 Å². The zero-order chi connectivity index (χ0) is 21.1. The third kappa shape index (κ3) is 4.40. The van der Waals surface area contributed by atoms with Crippen LogP contribution in [0.25, 0.3) is 0 Å². The molecule has 0 amide bonds. The maximum absolute atomic E-state index is 12.7. The first-order chi connectivity index (χ1) is 13.8. The molecule has 1 aromatic rings. The molecule has 0 saturated heterocycles. The van der Waals surface area contributed by atoms with Gasteiger partial charge < -0.3 is 9.47 Å². The van der Waals surface area contributed by atoms with Crippen molar-refractivity contribution in [2.24, 2.45) is 11.3 Å². The van der Waals surface area contributed by atoms with Gasteiger partial charge in [-0.1, -0.05) is 41.8 Å². The molecule has 5 heteroatoms. The lowest BCUT2D eigenvalue weighted by Gasteiger charge is -2.54. The second-order valence-electron chi connectivity index (χ2n) is 9.06. The predicted octanol–water partition coefficient (Wildman–Crippen LogP) is 5.73. The fourth-order valence-electron chi connectivity index (χ4n) is 5.70. The topological polar surface area (TPSA) is 52.6 Å². The summed E-state index contributed by atoms with van der Waals surface area (Å²) in [5.74, 6) is 0.600. The van der Waals surface area contributed by atoms with Crippen LogP contribution in [-0.4, -0.2) is 24.4 Å². The number of hydrogen-bond acceptors (Lipinski definition) is 4. The zero-order valence-corrected chi connectivity index (χ0v) is 19.5. The van der Waals surface area contributed by atoms with E-state index in [1.165, 1.54) is 18.2 Å². The fraction of sp³-hybridized carbons (Fsp3) is 0.667. The second kappa shape index (κ2) is 9.20. The Hall–Kier alpha value is -1.36. The molecule has 29 heavy (non-hydrogen) atoms. The molecule has 3 rings (SSSR count). The second-order valence-corrected chi connectivity index (χ2v) is 9.86. The molecule has 0 heterocycles. The number of alkyl halides is 1. The Kier molecular flexibility index (Phi) is 7.08. The predicted molar refractivity (Wildman–Crippen MR) is 117 cm³/mol. The van der Waals surface area contributed by atoms with Gasteiger partial charge in [-0.05, 0) is 80.0 Å². The van der Waals surface area contributed by atoms with E-state index in [0.717, 1.165) is 56.7 Å². The van der Waals surface area contributed by atoms with Crippen LogP contribution >= 0.6 is 15.9 Å². The Balaban J connectivity index is 1.81. The third-order valence-electron chi connectivity index (χ3n) is 7.23. The van der Waals surface area contributed by atoms with E-state index in [0.29, 0.717) is 12.2 Å². The van der Waals surface area contributed by atoms with E-state index in [1.54, 1.807) is 0 Å². The maximum atomic E-state index is 12.7. The van der Waals surface area contributed by atoms with E-state index < -0.39 is 5.41 Å². The van der Waals surface area contributed by atoms with Crippen molar-refractivity contribution in [2.75, 3.05) is 12.4 Å². The summed E-state index contributed by atoms with van der Waals surface area (Å²) in [6.45, 7) is 4.35. The largest absolute Gasteiger partial charge is 0.469 e. The van der Waals surface area contributed by atoms with E-state index >= 15 is 0 Å². The summed E-state index contributed by atoms with van der Waals surface area (Å²) < 4.78 is 10.9. The summed E-state index contributed by atoms with van der Waals surface area (Å²) in [7, 11) is 1.49. The lowest BCUT2D eigenvalue weighted by molar-refractivity contribution is -0.161. The number of benzene rings is 1. The van der Waals surface area contributed by atoms with Crippen LogP contribution in [0.2, 0.25) is 0 Å². The van der Waals surface area contributed by atoms with Crippen LogP contribution in [0.15, 0.2) is 18.2 Å². The average Bonchev–Trinajstić information content (AvgIpc) is 2.70. The van der Waals surface area contributed by atoms with Crippen LogP contribution in [0.3, 0.4) is 0 Å². The molecule has 0 unspecified atom stereocenters. The number of fused-ring (bicyclic) bond motifs is 3. The number of rotatable bonds is 7. The summed E-state index contributed by atoms with van der Waals surface area (Å²) in [6.07, 6.45) is 8.25. The Bertz CT molecular complexity index is 761. The molecule has 2 aliphatic rings. The number of halogens is 1. The van der Waals surface area contributed by atoms with Gasteiger partial charge in [0.05, 0.1) is 12.5 Å². The van der Waals surface area contributed by atoms with E-state index in [2.05, 4.69) is 41.9 Å². The molecule has 3 atom stereocenters. The smallest absolute Gasteiger partial charge is 0.311 e. The van der Waals surface area contributed by atoms with Crippen LogP contribution in [0.1, 0.15) is 76.3 Å². The van der Waals surface area contributed by atoms with Crippen molar-refractivity contribution in [2.45, 2.75) is 77.0 Å². The minimum atomic E-state index is -0.457. The molecule has 0 aliphatic heterocycles. The van der Waals surface area contributed by atoms with Crippen molar-refractivity contribution >= 4 is 27.9 Å². The minimum Gasteiger partial charge on any atom is -0.469 e. The Morgan fingerprint density at radius 1 is 1.17 bits per heavy atom. The van der Waals surface area contributed by atoms with Gasteiger partial charge in [-0.25, -0.2) is 0 Å². The van der Waals surface area contributed by atoms with Crippen molar-refractivity contribution in [1.29, 1.82) is 0 Å². The lowest BCUT2D eigenvalue weighted by atomic mass is 9.50. The highest BCUT2D eigenvalue weighted by atomic mass is 79.9. The molecule has 0 aromatic heterocycles. The van der Waals surface area contributed by atoms with Gasteiger partial charge in [0.2, 0.25) is 0 Å². The van der Waals surface area contributed by atoms with Gasteiger partial charge in [-0.2, -0.15) is 0 Å². The Morgan fingerprint density at radius 3 is 2.69 bits per heavy atom. The normalized spacial score (nSPS) is 28.2. The molecule has 0 radical (unpaired) electrons. The molecule has 160 valence electrons. The van der Waals surface area contributed by atoms with Crippen molar-refractivity contribution < 1.29 is 19.1 Å². The molecular weight excluding hydrogens is 432 g/mol. The van der Waals surface area contributed by atoms with Crippen molar-refractivity contribution in [3.63, 3.8) is 0 Å². The number of ether oxygens (including phenoxy) is 2. The minimum absolute atomic E-state index is 0.0945. The summed E-state index contributed by atoms with van der Waals surface area (Å²) in [4.78, 5) is 24.9. The standard InChI is InChI=1S/C24H33BrO4/c1-23-13-7-14-24(2,22(27)28-3)20(23)12-10-17-9-11-18(16-19(17)23)29-21(26)8-5-4-6-15-25/h9,11,16,20H,4-8,10,12-15H2,1-3H3/t20-,23-,24+/m1/s1. The Morgan fingerprint density at radius 2 is 1.97 bits per heavy atom. The van der Waals surface area contributed by atoms with Crippen molar-refractivity contribution in [3.8, 4) is 5.75 Å². The first-order valence-electron chi connectivity index (χ1n) is 10.8. The van der Waals surface area contributed by atoms with Crippen LogP contribution in [0, 0.1) is 11.3 Å².